The molecule has 2 N–H and O–H groups in total. The third-order valence-corrected chi connectivity index (χ3v) is 2.87. The van der Waals surface area contributed by atoms with Crippen LogP contribution >= 0.6 is 0 Å². The molecule has 4 heteroatoms. The summed E-state index contributed by atoms with van der Waals surface area (Å²) in [6.07, 6.45) is 3.29. The lowest BCUT2D eigenvalue weighted by Gasteiger charge is -2.39. The van der Waals surface area contributed by atoms with E-state index in [-0.39, 0.29) is 6.17 Å². The van der Waals surface area contributed by atoms with Crippen molar-refractivity contribution in [1.29, 1.82) is 0 Å². The molecule has 0 fully saturated rings. The minimum atomic E-state index is -0.631. The average Bonchev–Trinajstić information content (AvgIpc) is 2.14. The van der Waals surface area contributed by atoms with Gasteiger partial charge in [-0.25, -0.2) is 4.90 Å². The van der Waals surface area contributed by atoms with Crippen molar-refractivity contribution in [3.05, 3.63) is 0 Å². The minimum absolute atomic E-state index is 0.0894. The van der Waals surface area contributed by atoms with Crippen LogP contribution in [0.4, 0.5) is 0 Å². The highest BCUT2D eigenvalue weighted by Gasteiger charge is 2.27. The molecule has 0 amide bonds. The zero-order chi connectivity index (χ0) is 12.7. The maximum Gasteiger partial charge on any atom is 0.107 e. The first-order valence-corrected chi connectivity index (χ1v) is 6.21. The van der Waals surface area contributed by atoms with Gasteiger partial charge in [-0.3, -0.25) is 4.90 Å². The van der Waals surface area contributed by atoms with E-state index in [1.54, 1.807) is 18.7 Å². The number of aliphatic hydroxyl groups excluding tert-OH is 2. The molecule has 98 valence electrons. The van der Waals surface area contributed by atoms with Crippen molar-refractivity contribution in [2.45, 2.75) is 65.1 Å². The van der Waals surface area contributed by atoms with E-state index in [1.165, 1.54) is 12.8 Å². The molecule has 0 saturated carbocycles. The molecule has 0 aliphatic heterocycles. The fraction of sp³-hybridized carbons (Fsp3) is 1.00. The Kier molecular flexibility index (Phi) is 7.93. The van der Waals surface area contributed by atoms with Crippen molar-refractivity contribution < 1.29 is 10.2 Å². The van der Waals surface area contributed by atoms with Crippen LogP contribution in [0.5, 0.6) is 0 Å². The van der Waals surface area contributed by atoms with Gasteiger partial charge in [0.15, 0.2) is 0 Å². The van der Waals surface area contributed by atoms with Crippen LogP contribution in [0.2, 0.25) is 0 Å². The standard InChI is InChI=1S/C12H28N2O2/c1-6-7-8-9-12(13(4)5)14(10(2)15)11(3)16/h10-12,15-16H,6-9H2,1-5H3. The lowest BCUT2D eigenvalue weighted by molar-refractivity contribution is -0.140. The summed E-state index contributed by atoms with van der Waals surface area (Å²) < 4.78 is 0. The van der Waals surface area contributed by atoms with Crippen molar-refractivity contribution >= 4 is 0 Å². The molecule has 0 saturated heterocycles. The molecule has 16 heavy (non-hydrogen) atoms. The highest BCUT2D eigenvalue weighted by atomic mass is 16.3. The average molecular weight is 232 g/mol. The summed E-state index contributed by atoms with van der Waals surface area (Å²) >= 11 is 0. The van der Waals surface area contributed by atoms with Crippen LogP contribution < -0.4 is 0 Å². The first-order chi connectivity index (χ1) is 7.41. The minimum Gasteiger partial charge on any atom is -0.379 e. The van der Waals surface area contributed by atoms with Crippen LogP contribution in [-0.2, 0) is 0 Å². The van der Waals surface area contributed by atoms with E-state index in [1.807, 2.05) is 14.1 Å². The Labute approximate surface area is 99.9 Å². The fourth-order valence-corrected chi connectivity index (χ4v) is 2.06. The van der Waals surface area contributed by atoms with Gasteiger partial charge in [0.25, 0.3) is 0 Å². The summed E-state index contributed by atoms with van der Waals surface area (Å²) in [6, 6.07) is 0. The van der Waals surface area contributed by atoms with Gasteiger partial charge in [0.1, 0.15) is 12.5 Å². The third-order valence-electron chi connectivity index (χ3n) is 2.87. The zero-order valence-electron chi connectivity index (χ0n) is 11.3. The molecule has 0 spiro atoms. The monoisotopic (exact) mass is 232 g/mol. The third kappa shape index (κ3) is 5.25. The maximum atomic E-state index is 9.70. The number of unbranched alkanes of at least 4 members (excludes halogenated alkanes) is 2. The van der Waals surface area contributed by atoms with E-state index in [0.29, 0.717) is 0 Å². The summed E-state index contributed by atoms with van der Waals surface area (Å²) in [5.41, 5.74) is 0. The predicted octanol–water partition coefficient (Wildman–Crippen LogP) is 1.43. The van der Waals surface area contributed by atoms with Crippen molar-refractivity contribution in [3.8, 4) is 0 Å². The number of hydrogen-bond donors (Lipinski definition) is 2. The Hall–Kier alpha value is -0.160. The van der Waals surface area contributed by atoms with E-state index in [0.717, 1.165) is 12.8 Å². The highest BCUT2D eigenvalue weighted by molar-refractivity contribution is 4.71. The Morgan fingerprint density at radius 1 is 1.00 bits per heavy atom. The number of hydrogen-bond acceptors (Lipinski definition) is 4. The van der Waals surface area contributed by atoms with Gasteiger partial charge in [0, 0.05) is 0 Å². The van der Waals surface area contributed by atoms with Gasteiger partial charge >= 0.3 is 0 Å². The first kappa shape index (κ1) is 15.8. The van der Waals surface area contributed by atoms with Crippen LogP contribution in [0.3, 0.4) is 0 Å². The molecular formula is C12H28N2O2. The summed E-state index contributed by atoms with van der Waals surface area (Å²) in [7, 11) is 3.96. The van der Waals surface area contributed by atoms with E-state index >= 15 is 0 Å². The Bertz CT molecular complexity index is 164. The lowest BCUT2D eigenvalue weighted by atomic mass is 10.1. The molecule has 0 aromatic heterocycles. The number of rotatable bonds is 8. The molecule has 0 rings (SSSR count). The van der Waals surface area contributed by atoms with Gasteiger partial charge in [-0.05, 0) is 34.4 Å². The SMILES string of the molecule is CCCCCC(N(C)C)N(C(C)O)C(C)O. The molecule has 4 nitrogen and oxygen atoms in total. The predicted molar refractivity (Wildman–Crippen MR) is 66.8 cm³/mol. The van der Waals surface area contributed by atoms with E-state index in [4.69, 9.17) is 0 Å². The molecule has 3 atom stereocenters. The highest BCUT2D eigenvalue weighted by Crippen LogP contribution is 2.16. The Morgan fingerprint density at radius 2 is 1.50 bits per heavy atom. The first-order valence-electron chi connectivity index (χ1n) is 6.21. The molecule has 0 aromatic carbocycles. The van der Waals surface area contributed by atoms with Crippen LogP contribution in [0.25, 0.3) is 0 Å². The van der Waals surface area contributed by atoms with Crippen molar-refractivity contribution in [3.63, 3.8) is 0 Å². The molecule has 3 unspecified atom stereocenters. The van der Waals surface area contributed by atoms with Crippen LogP contribution in [0.15, 0.2) is 0 Å². The summed E-state index contributed by atoms with van der Waals surface area (Å²) in [6.45, 7) is 5.57. The molecule has 0 aliphatic rings. The van der Waals surface area contributed by atoms with Gasteiger partial charge in [-0.15, -0.1) is 0 Å². The van der Waals surface area contributed by atoms with Crippen LogP contribution in [0, 0.1) is 0 Å². The Morgan fingerprint density at radius 3 is 1.81 bits per heavy atom. The molecule has 0 bridgehead atoms. The Balaban J connectivity index is 4.46. The topological polar surface area (TPSA) is 46.9 Å². The van der Waals surface area contributed by atoms with Crippen molar-refractivity contribution in [1.82, 2.24) is 9.80 Å². The molecule has 0 radical (unpaired) electrons. The van der Waals surface area contributed by atoms with Gasteiger partial charge in [0.05, 0.1) is 6.17 Å². The maximum absolute atomic E-state index is 9.70. The van der Waals surface area contributed by atoms with E-state index < -0.39 is 12.5 Å². The van der Waals surface area contributed by atoms with Gasteiger partial charge in [-0.1, -0.05) is 26.2 Å². The fourth-order valence-electron chi connectivity index (χ4n) is 2.06. The second kappa shape index (κ2) is 8.01. The molecule has 0 heterocycles. The van der Waals surface area contributed by atoms with Gasteiger partial charge < -0.3 is 10.2 Å². The van der Waals surface area contributed by atoms with Crippen molar-refractivity contribution in [2.24, 2.45) is 0 Å². The normalized spacial score (nSPS) is 17.8. The molecular weight excluding hydrogens is 204 g/mol. The van der Waals surface area contributed by atoms with Crippen LogP contribution in [-0.4, -0.2) is 52.7 Å². The van der Waals surface area contributed by atoms with E-state index in [2.05, 4.69) is 11.8 Å². The second-order valence-electron chi connectivity index (χ2n) is 4.65. The van der Waals surface area contributed by atoms with Crippen LogP contribution in [0.1, 0.15) is 46.5 Å². The summed E-state index contributed by atoms with van der Waals surface area (Å²) in [5.74, 6) is 0. The largest absolute Gasteiger partial charge is 0.379 e. The second-order valence-corrected chi connectivity index (χ2v) is 4.65. The molecule has 0 aromatic rings. The van der Waals surface area contributed by atoms with Crippen molar-refractivity contribution in [2.75, 3.05) is 14.1 Å². The van der Waals surface area contributed by atoms with Gasteiger partial charge in [-0.2, -0.15) is 0 Å². The summed E-state index contributed by atoms with van der Waals surface area (Å²) in [5, 5.41) is 19.4. The smallest absolute Gasteiger partial charge is 0.107 e. The lowest BCUT2D eigenvalue weighted by Crippen LogP contribution is -2.53. The van der Waals surface area contributed by atoms with Gasteiger partial charge in [0.2, 0.25) is 0 Å². The zero-order valence-corrected chi connectivity index (χ0v) is 11.3. The quantitative estimate of drug-likeness (QED) is 0.491. The number of aliphatic hydroxyl groups is 2. The summed E-state index contributed by atoms with van der Waals surface area (Å²) in [4.78, 5) is 3.78. The van der Waals surface area contributed by atoms with E-state index in [9.17, 15) is 10.2 Å². The molecule has 0 aliphatic carbocycles. The number of nitrogens with zero attached hydrogens (tertiary/aromatic N) is 2.